The molecule has 0 radical (unpaired) electrons. The Balaban J connectivity index is 1.58. The van der Waals surface area contributed by atoms with Crippen LogP contribution in [0.25, 0.3) is 0 Å². The molecular formula is C29H35NO5. The van der Waals surface area contributed by atoms with Crippen molar-refractivity contribution in [3.63, 3.8) is 0 Å². The molecule has 6 heteroatoms. The first-order valence-electron chi connectivity index (χ1n) is 12.2. The van der Waals surface area contributed by atoms with E-state index < -0.39 is 12.1 Å². The van der Waals surface area contributed by atoms with Crippen molar-refractivity contribution in [1.82, 2.24) is 4.57 Å². The van der Waals surface area contributed by atoms with Crippen LogP contribution in [-0.4, -0.2) is 35.0 Å². The van der Waals surface area contributed by atoms with Gasteiger partial charge < -0.3 is 24.3 Å². The summed E-state index contributed by atoms with van der Waals surface area (Å²) in [6, 6.07) is 14.4. The molecule has 0 saturated heterocycles. The molecule has 1 aromatic heterocycles. The average molecular weight is 478 g/mol. The zero-order valence-electron chi connectivity index (χ0n) is 20.7. The van der Waals surface area contributed by atoms with Gasteiger partial charge in [0, 0.05) is 36.8 Å². The predicted molar refractivity (Wildman–Crippen MR) is 135 cm³/mol. The molecule has 0 saturated carbocycles. The molecule has 0 unspecified atom stereocenters. The monoisotopic (exact) mass is 477 g/mol. The van der Waals surface area contributed by atoms with E-state index >= 15 is 0 Å². The van der Waals surface area contributed by atoms with Crippen molar-refractivity contribution in [2.75, 3.05) is 14.2 Å². The van der Waals surface area contributed by atoms with Crippen molar-refractivity contribution in [3.05, 3.63) is 82.7 Å². The fourth-order valence-corrected chi connectivity index (χ4v) is 5.37. The van der Waals surface area contributed by atoms with Crippen LogP contribution in [0.3, 0.4) is 0 Å². The molecule has 1 heterocycles. The lowest BCUT2D eigenvalue weighted by Gasteiger charge is -2.27. The Bertz CT molecular complexity index is 1120. The van der Waals surface area contributed by atoms with Gasteiger partial charge in [0.2, 0.25) is 0 Å². The molecule has 0 amide bonds. The molecule has 2 N–H and O–H groups in total. The summed E-state index contributed by atoms with van der Waals surface area (Å²) < 4.78 is 13.2. The van der Waals surface area contributed by atoms with E-state index in [1.807, 2.05) is 37.5 Å². The van der Waals surface area contributed by atoms with Gasteiger partial charge in [0.15, 0.2) is 0 Å². The normalized spacial score (nSPS) is 15.0. The number of aryl methyl sites for hydroxylation is 1. The number of hydrogen-bond donors (Lipinski definition) is 2. The van der Waals surface area contributed by atoms with Crippen molar-refractivity contribution in [1.29, 1.82) is 0 Å². The van der Waals surface area contributed by atoms with Gasteiger partial charge in [-0.3, -0.25) is 4.79 Å². The van der Waals surface area contributed by atoms with Gasteiger partial charge in [0.1, 0.15) is 11.5 Å². The SMILES string of the molecule is COc1cc([C@@H](O)[C@H](CC2Cc3ccccc3C2)Cn2ccc(CCC(=O)O)c2)cc(OC)c1C. The van der Waals surface area contributed by atoms with E-state index in [9.17, 15) is 9.90 Å². The highest BCUT2D eigenvalue weighted by Gasteiger charge is 2.30. The van der Waals surface area contributed by atoms with E-state index in [2.05, 4.69) is 28.8 Å². The quantitative estimate of drug-likeness (QED) is 0.407. The molecule has 1 aliphatic rings. The molecule has 2 atom stereocenters. The highest BCUT2D eigenvalue weighted by atomic mass is 16.5. The van der Waals surface area contributed by atoms with Gasteiger partial charge in [-0.15, -0.1) is 0 Å². The molecule has 2 aromatic carbocycles. The minimum Gasteiger partial charge on any atom is -0.496 e. The smallest absolute Gasteiger partial charge is 0.303 e. The molecule has 186 valence electrons. The number of aliphatic carboxylic acids is 1. The van der Waals surface area contributed by atoms with Gasteiger partial charge in [-0.05, 0) is 79.0 Å². The van der Waals surface area contributed by atoms with E-state index in [0.717, 1.165) is 36.0 Å². The van der Waals surface area contributed by atoms with Gasteiger partial charge in [-0.1, -0.05) is 24.3 Å². The lowest BCUT2D eigenvalue weighted by Crippen LogP contribution is -2.22. The number of aliphatic hydroxyl groups is 1. The highest BCUT2D eigenvalue weighted by molar-refractivity contribution is 5.67. The lowest BCUT2D eigenvalue weighted by atomic mass is 9.85. The second-order valence-electron chi connectivity index (χ2n) is 9.64. The largest absolute Gasteiger partial charge is 0.496 e. The number of aromatic nitrogens is 1. The molecule has 0 bridgehead atoms. The number of methoxy groups -OCH3 is 2. The van der Waals surface area contributed by atoms with Crippen molar-refractivity contribution < 1.29 is 24.5 Å². The van der Waals surface area contributed by atoms with Crippen LogP contribution in [0.1, 0.15) is 46.8 Å². The Kier molecular flexibility index (Phi) is 7.81. The number of nitrogens with zero attached hydrogens (tertiary/aromatic N) is 1. The second-order valence-corrected chi connectivity index (χ2v) is 9.64. The Morgan fingerprint density at radius 1 is 1.09 bits per heavy atom. The third-order valence-corrected chi connectivity index (χ3v) is 7.22. The van der Waals surface area contributed by atoms with Gasteiger partial charge >= 0.3 is 5.97 Å². The molecule has 1 aliphatic carbocycles. The minimum atomic E-state index is -0.797. The highest BCUT2D eigenvalue weighted by Crippen LogP contribution is 2.39. The summed E-state index contributed by atoms with van der Waals surface area (Å²) in [6.45, 7) is 2.58. The maximum absolute atomic E-state index is 11.6. The summed E-state index contributed by atoms with van der Waals surface area (Å²) >= 11 is 0. The Morgan fingerprint density at radius 3 is 2.29 bits per heavy atom. The molecule has 0 aliphatic heterocycles. The maximum Gasteiger partial charge on any atom is 0.303 e. The lowest BCUT2D eigenvalue weighted by molar-refractivity contribution is -0.136. The number of ether oxygens (including phenoxy) is 2. The number of carbonyl (C=O) groups is 1. The summed E-state index contributed by atoms with van der Waals surface area (Å²) in [6.07, 6.45) is 6.81. The fourth-order valence-electron chi connectivity index (χ4n) is 5.37. The Labute approximate surface area is 207 Å². The van der Waals surface area contributed by atoms with Crippen molar-refractivity contribution in [2.45, 2.75) is 51.7 Å². The standard InChI is InChI=1S/C29H35NO5/c1-19-26(34-2)15-24(16-27(19)35-3)29(33)25(14-21-12-22-6-4-5-7-23(22)13-21)18-30-11-10-20(17-30)8-9-28(31)32/h4-7,10-11,15-17,21,25,29,33H,8-9,12-14,18H2,1-3H3,(H,31,32)/t25-,29-/m1/s1. The molecule has 4 rings (SSSR count). The summed E-state index contributed by atoms with van der Waals surface area (Å²) in [4.78, 5) is 11.0. The number of aliphatic hydroxyl groups excluding tert-OH is 1. The van der Waals surface area contributed by atoms with Gasteiger partial charge in [0.25, 0.3) is 0 Å². The van der Waals surface area contributed by atoms with Crippen molar-refractivity contribution in [2.24, 2.45) is 11.8 Å². The van der Waals surface area contributed by atoms with Gasteiger partial charge in [-0.25, -0.2) is 0 Å². The topological polar surface area (TPSA) is 80.9 Å². The van der Waals surface area contributed by atoms with E-state index in [1.165, 1.54) is 11.1 Å². The molecule has 35 heavy (non-hydrogen) atoms. The Hall–Kier alpha value is -3.25. The van der Waals surface area contributed by atoms with Crippen LogP contribution in [0.4, 0.5) is 0 Å². The summed E-state index contributed by atoms with van der Waals surface area (Å²) in [5.74, 6) is 1.02. The zero-order chi connectivity index (χ0) is 24.9. The molecule has 3 aromatic rings. The summed E-state index contributed by atoms with van der Waals surface area (Å²) in [5.41, 5.74) is 5.49. The van der Waals surface area contributed by atoms with E-state index in [0.29, 0.717) is 30.4 Å². The van der Waals surface area contributed by atoms with Crippen molar-refractivity contribution in [3.8, 4) is 11.5 Å². The van der Waals surface area contributed by atoms with E-state index in [4.69, 9.17) is 14.6 Å². The number of carboxylic acid groups (broad SMARTS) is 1. The third-order valence-electron chi connectivity index (χ3n) is 7.22. The van der Waals surface area contributed by atoms with E-state index in [1.54, 1.807) is 14.2 Å². The van der Waals surface area contributed by atoms with Crippen LogP contribution < -0.4 is 9.47 Å². The fraction of sp³-hybridized carbons (Fsp3) is 0.414. The molecule has 0 spiro atoms. The first-order chi connectivity index (χ1) is 16.9. The van der Waals surface area contributed by atoms with Crippen LogP contribution in [0.15, 0.2) is 54.9 Å². The second kappa shape index (κ2) is 11.0. The number of hydrogen-bond acceptors (Lipinski definition) is 4. The van der Waals surface area contributed by atoms with Crippen LogP contribution in [0.2, 0.25) is 0 Å². The Morgan fingerprint density at radius 2 is 1.71 bits per heavy atom. The van der Waals surface area contributed by atoms with Gasteiger partial charge in [0.05, 0.1) is 20.3 Å². The van der Waals surface area contributed by atoms with Crippen LogP contribution in [-0.2, 0) is 30.6 Å². The average Bonchev–Trinajstić information content (AvgIpc) is 3.48. The van der Waals surface area contributed by atoms with Crippen LogP contribution >= 0.6 is 0 Å². The van der Waals surface area contributed by atoms with Crippen LogP contribution in [0, 0.1) is 18.8 Å². The van der Waals surface area contributed by atoms with E-state index in [-0.39, 0.29) is 12.3 Å². The number of carboxylic acids is 1. The number of benzene rings is 2. The first kappa shape index (κ1) is 24.9. The zero-order valence-corrected chi connectivity index (χ0v) is 20.7. The summed E-state index contributed by atoms with van der Waals surface area (Å²) in [7, 11) is 3.26. The summed E-state index contributed by atoms with van der Waals surface area (Å²) in [5, 5.41) is 20.6. The molecule has 0 fully saturated rings. The molecular weight excluding hydrogens is 442 g/mol. The number of fused-ring (bicyclic) bond motifs is 1. The van der Waals surface area contributed by atoms with Crippen molar-refractivity contribution >= 4 is 5.97 Å². The first-order valence-corrected chi connectivity index (χ1v) is 12.2. The van der Waals surface area contributed by atoms with Crippen LogP contribution in [0.5, 0.6) is 11.5 Å². The minimum absolute atomic E-state index is 0.0360. The number of rotatable bonds is 11. The van der Waals surface area contributed by atoms with Gasteiger partial charge in [-0.2, -0.15) is 0 Å². The molecule has 6 nitrogen and oxygen atoms in total. The maximum atomic E-state index is 11.6. The predicted octanol–water partition coefficient (Wildman–Crippen LogP) is 4.99. The third kappa shape index (κ3) is 5.88.